The number of nitrogens with one attached hydrogen (secondary N) is 1. The first-order chi connectivity index (χ1) is 9.45. The Kier molecular flexibility index (Phi) is 6.78. The number of amides is 2. The number of carbonyl (C=O) groups is 2. The quantitative estimate of drug-likeness (QED) is 0.816. The molecule has 20 heavy (non-hydrogen) atoms. The molecule has 6 nitrogen and oxygen atoms in total. The normalized spacial score (nSPS) is 17.9. The van der Waals surface area contributed by atoms with Gasteiger partial charge < -0.3 is 15.0 Å². The minimum Gasteiger partial charge on any atom is -0.450 e. The second-order valence-corrected chi connectivity index (χ2v) is 5.54. The molecule has 1 N–H and O–H groups in total. The third-order valence-corrected chi connectivity index (χ3v) is 3.45. The lowest BCUT2D eigenvalue weighted by Gasteiger charge is -2.36. The number of rotatable bonds is 5. The van der Waals surface area contributed by atoms with Crippen molar-refractivity contribution >= 4 is 12.0 Å². The maximum Gasteiger partial charge on any atom is 0.409 e. The molecular formula is C14H27N3O3. The summed E-state index contributed by atoms with van der Waals surface area (Å²) in [5, 5.41) is 2.95. The zero-order chi connectivity index (χ0) is 15.1. The molecule has 0 aromatic carbocycles. The van der Waals surface area contributed by atoms with Crippen molar-refractivity contribution in [1.82, 2.24) is 15.1 Å². The molecule has 1 aliphatic rings. The highest BCUT2D eigenvalue weighted by molar-refractivity contribution is 5.81. The van der Waals surface area contributed by atoms with E-state index in [1.807, 2.05) is 6.92 Å². The number of nitrogens with zero attached hydrogens (tertiary/aromatic N) is 2. The monoisotopic (exact) mass is 285 g/mol. The molecule has 1 atom stereocenters. The third kappa shape index (κ3) is 5.00. The minimum absolute atomic E-state index is 0.0586. The second-order valence-electron chi connectivity index (χ2n) is 5.54. The Morgan fingerprint density at radius 2 is 1.75 bits per heavy atom. The van der Waals surface area contributed by atoms with E-state index in [1.54, 1.807) is 11.8 Å². The summed E-state index contributed by atoms with van der Waals surface area (Å²) in [5.41, 5.74) is 0. The van der Waals surface area contributed by atoms with Gasteiger partial charge in [-0.15, -0.1) is 0 Å². The molecule has 1 aliphatic heterocycles. The van der Waals surface area contributed by atoms with E-state index < -0.39 is 0 Å². The van der Waals surface area contributed by atoms with Crippen LogP contribution >= 0.6 is 0 Å². The Labute approximate surface area is 121 Å². The van der Waals surface area contributed by atoms with Crippen molar-refractivity contribution in [1.29, 1.82) is 0 Å². The SMILES string of the molecule is CCOC(=O)N1CCN(C(C)C(=O)NCC(C)C)CC1. The van der Waals surface area contributed by atoms with Gasteiger partial charge in [0, 0.05) is 32.7 Å². The van der Waals surface area contributed by atoms with Crippen LogP contribution in [0.3, 0.4) is 0 Å². The molecule has 1 saturated heterocycles. The van der Waals surface area contributed by atoms with Gasteiger partial charge in [0.1, 0.15) is 0 Å². The van der Waals surface area contributed by atoms with Crippen LogP contribution in [0.4, 0.5) is 4.79 Å². The van der Waals surface area contributed by atoms with Gasteiger partial charge in [-0.2, -0.15) is 0 Å². The zero-order valence-electron chi connectivity index (χ0n) is 13.0. The topological polar surface area (TPSA) is 61.9 Å². The van der Waals surface area contributed by atoms with E-state index in [9.17, 15) is 9.59 Å². The van der Waals surface area contributed by atoms with Crippen LogP contribution in [0.2, 0.25) is 0 Å². The molecular weight excluding hydrogens is 258 g/mol. The number of hydrogen-bond donors (Lipinski definition) is 1. The van der Waals surface area contributed by atoms with Crippen molar-refractivity contribution in [2.75, 3.05) is 39.3 Å². The number of ether oxygens (including phenoxy) is 1. The average molecular weight is 285 g/mol. The van der Waals surface area contributed by atoms with Crippen molar-refractivity contribution in [3.8, 4) is 0 Å². The molecule has 0 saturated carbocycles. The maximum absolute atomic E-state index is 12.0. The van der Waals surface area contributed by atoms with Crippen LogP contribution < -0.4 is 5.32 Å². The van der Waals surface area contributed by atoms with E-state index in [4.69, 9.17) is 4.74 Å². The summed E-state index contributed by atoms with van der Waals surface area (Å²) in [5.74, 6) is 0.509. The first-order valence-corrected chi connectivity index (χ1v) is 7.39. The molecule has 1 heterocycles. The summed E-state index contributed by atoms with van der Waals surface area (Å²) in [4.78, 5) is 27.4. The lowest BCUT2D eigenvalue weighted by atomic mass is 10.2. The Balaban J connectivity index is 2.36. The fraction of sp³-hybridized carbons (Fsp3) is 0.857. The summed E-state index contributed by atoms with van der Waals surface area (Å²) >= 11 is 0. The fourth-order valence-electron chi connectivity index (χ4n) is 2.12. The number of carbonyl (C=O) groups excluding carboxylic acids is 2. The van der Waals surface area contributed by atoms with Crippen LogP contribution in [-0.4, -0.2) is 67.2 Å². The molecule has 0 aliphatic carbocycles. The average Bonchev–Trinajstić information content (AvgIpc) is 2.44. The smallest absolute Gasteiger partial charge is 0.409 e. The highest BCUT2D eigenvalue weighted by atomic mass is 16.6. The van der Waals surface area contributed by atoms with Gasteiger partial charge in [0.15, 0.2) is 0 Å². The van der Waals surface area contributed by atoms with Gasteiger partial charge in [-0.1, -0.05) is 13.8 Å². The molecule has 6 heteroatoms. The fourth-order valence-corrected chi connectivity index (χ4v) is 2.12. The summed E-state index contributed by atoms with van der Waals surface area (Å²) in [6.45, 7) is 11.6. The van der Waals surface area contributed by atoms with Crippen molar-refractivity contribution in [2.45, 2.75) is 33.7 Å². The van der Waals surface area contributed by atoms with Gasteiger partial charge in [-0.3, -0.25) is 9.69 Å². The predicted molar refractivity (Wildman–Crippen MR) is 77.5 cm³/mol. The van der Waals surface area contributed by atoms with Crippen molar-refractivity contribution < 1.29 is 14.3 Å². The highest BCUT2D eigenvalue weighted by Gasteiger charge is 2.27. The summed E-state index contributed by atoms with van der Waals surface area (Å²) in [6, 6.07) is -0.155. The zero-order valence-corrected chi connectivity index (χ0v) is 13.0. The molecule has 0 spiro atoms. The second kappa shape index (κ2) is 8.09. The third-order valence-electron chi connectivity index (χ3n) is 3.45. The van der Waals surface area contributed by atoms with E-state index in [-0.39, 0.29) is 18.0 Å². The van der Waals surface area contributed by atoms with Gasteiger partial charge >= 0.3 is 6.09 Å². The molecule has 0 aromatic heterocycles. The van der Waals surface area contributed by atoms with Crippen LogP contribution in [0.5, 0.6) is 0 Å². The molecule has 1 rings (SSSR count). The first-order valence-electron chi connectivity index (χ1n) is 7.39. The molecule has 0 bridgehead atoms. The van der Waals surface area contributed by atoms with E-state index in [1.165, 1.54) is 0 Å². The van der Waals surface area contributed by atoms with Crippen molar-refractivity contribution in [3.63, 3.8) is 0 Å². The van der Waals surface area contributed by atoms with Crippen LogP contribution in [0.15, 0.2) is 0 Å². The number of hydrogen-bond acceptors (Lipinski definition) is 4. The van der Waals surface area contributed by atoms with E-state index in [2.05, 4.69) is 24.1 Å². The Hall–Kier alpha value is -1.30. The van der Waals surface area contributed by atoms with Gasteiger partial charge in [0.2, 0.25) is 5.91 Å². The Morgan fingerprint density at radius 1 is 1.15 bits per heavy atom. The largest absolute Gasteiger partial charge is 0.450 e. The first kappa shape index (κ1) is 16.8. The van der Waals surface area contributed by atoms with Gasteiger partial charge in [0.25, 0.3) is 0 Å². The van der Waals surface area contributed by atoms with Crippen molar-refractivity contribution in [3.05, 3.63) is 0 Å². The molecule has 0 radical (unpaired) electrons. The lowest BCUT2D eigenvalue weighted by molar-refractivity contribution is -0.126. The molecule has 1 fully saturated rings. The van der Waals surface area contributed by atoms with E-state index in [0.29, 0.717) is 45.2 Å². The maximum atomic E-state index is 12.0. The molecule has 2 amide bonds. The highest BCUT2D eigenvalue weighted by Crippen LogP contribution is 2.08. The van der Waals surface area contributed by atoms with Crippen LogP contribution in [0.25, 0.3) is 0 Å². The van der Waals surface area contributed by atoms with Crippen LogP contribution in [-0.2, 0) is 9.53 Å². The number of piperazine rings is 1. The van der Waals surface area contributed by atoms with Crippen LogP contribution in [0.1, 0.15) is 27.7 Å². The van der Waals surface area contributed by atoms with Crippen LogP contribution in [0, 0.1) is 5.92 Å². The van der Waals surface area contributed by atoms with Gasteiger partial charge in [-0.25, -0.2) is 4.79 Å². The van der Waals surface area contributed by atoms with Gasteiger partial charge in [-0.05, 0) is 19.8 Å². The van der Waals surface area contributed by atoms with Crippen molar-refractivity contribution in [2.24, 2.45) is 5.92 Å². The molecule has 116 valence electrons. The minimum atomic E-state index is -0.260. The predicted octanol–water partition coefficient (Wildman–Crippen LogP) is 0.921. The Bertz CT molecular complexity index is 326. The van der Waals surface area contributed by atoms with E-state index >= 15 is 0 Å². The summed E-state index contributed by atoms with van der Waals surface area (Å²) in [6.07, 6.45) is -0.260. The molecule has 1 unspecified atom stereocenters. The van der Waals surface area contributed by atoms with Gasteiger partial charge in [0.05, 0.1) is 12.6 Å². The summed E-state index contributed by atoms with van der Waals surface area (Å²) in [7, 11) is 0. The Morgan fingerprint density at radius 3 is 2.25 bits per heavy atom. The lowest BCUT2D eigenvalue weighted by Crippen LogP contribution is -2.55. The molecule has 0 aromatic rings. The summed E-state index contributed by atoms with van der Waals surface area (Å²) < 4.78 is 4.98. The standard InChI is InChI=1S/C14H27N3O3/c1-5-20-14(19)17-8-6-16(7-9-17)12(4)13(18)15-10-11(2)3/h11-12H,5-10H2,1-4H3,(H,15,18). The van der Waals surface area contributed by atoms with E-state index in [0.717, 1.165) is 0 Å².